The molecular formula is C29H32N6O5. The average Bonchev–Trinajstić information content (AvgIpc) is 3.45. The van der Waals surface area contributed by atoms with Gasteiger partial charge in [0, 0.05) is 32.1 Å². The third-order valence-corrected chi connectivity index (χ3v) is 7.08. The maximum atomic E-state index is 12.7. The molecule has 0 atom stereocenters. The first-order chi connectivity index (χ1) is 19.4. The Morgan fingerprint density at radius 3 is 2.73 bits per heavy atom. The van der Waals surface area contributed by atoms with E-state index in [0.29, 0.717) is 30.7 Å². The van der Waals surface area contributed by atoms with Crippen LogP contribution in [0.1, 0.15) is 43.2 Å². The van der Waals surface area contributed by atoms with Crippen LogP contribution in [0.4, 0.5) is 0 Å². The molecular weight excluding hydrogens is 512 g/mol. The highest BCUT2D eigenvalue weighted by Crippen LogP contribution is 2.31. The minimum absolute atomic E-state index is 0.00761. The zero-order valence-corrected chi connectivity index (χ0v) is 22.3. The fraction of sp³-hybridized carbons (Fsp3) is 0.345. The highest BCUT2D eigenvalue weighted by molar-refractivity contribution is 5.82. The molecule has 2 aromatic rings. The number of hydrogen-bond donors (Lipinski definition) is 3. The van der Waals surface area contributed by atoms with Gasteiger partial charge in [-0.1, -0.05) is 36.4 Å². The second-order valence-electron chi connectivity index (χ2n) is 10.0. The number of nitrogens with zero attached hydrogens (tertiary/aromatic N) is 4. The van der Waals surface area contributed by atoms with Crippen LogP contribution in [0.3, 0.4) is 0 Å². The maximum Gasteiger partial charge on any atom is 0.349 e. The zero-order valence-electron chi connectivity index (χ0n) is 22.3. The summed E-state index contributed by atoms with van der Waals surface area (Å²) in [7, 11) is 0. The Labute approximate surface area is 230 Å². The van der Waals surface area contributed by atoms with Gasteiger partial charge in [0.15, 0.2) is 11.5 Å². The quantitative estimate of drug-likeness (QED) is 0.157. The molecule has 5 rings (SSSR count). The lowest BCUT2D eigenvalue weighted by atomic mass is 10.1. The van der Waals surface area contributed by atoms with Crippen molar-refractivity contribution >= 4 is 16.9 Å². The van der Waals surface area contributed by atoms with Gasteiger partial charge >= 0.3 is 5.69 Å². The van der Waals surface area contributed by atoms with Crippen molar-refractivity contribution in [1.29, 1.82) is 0 Å². The molecule has 3 aliphatic rings. The highest BCUT2D eigenvalue weighted by atomic mass is 16.5. The van der Waals surface area contributed by atoms with E-state index in [1.165, 1.54) is 0 Å². The van der Waals surface area contributed by atoms with Gasteiger partial charge < -0.3 is 14.2 Å². The SMILES string of the molecule is Cc1cc2nc3c(=O)[nH]c(=O)nc-3n(CCN(/C=C/CC(=O)NO)Cc3ccccc3)c2cc1OC1CCCC1. The lowest BCUT2D eigenvalue weighted by molar-refractivity contribution is -0.128. The van der Waals surface area contributed by atoms with E-state index in [-0.39, 0.29) is 24.0 Å². The van der Waals surface area contributed by atoms with Gasteiger partial charge in [-0.25, -0.2) is 15.3 Å². The standard InChI is InChI=1S/C29H32N6O5/c1-19-16-22-23(17-24(19)40-21-10-5-6-11-21)35(27-26(30-22)28(37)32-29(38)31-27)15-14-34(13-7-12-25(36)33-39)18-20-8-3-2-4-9-20/h2-4,7-9,13,16-17,21,39H,5-6,10-12,14-15,18H2,1H3,(H,33,36)(H,32,37,38)/b13-7+. The van der Waals surface area contributed by atoms with Crippen molar-refractivity contribution in [1.82, 2.24) is 29.9 Å². The number of H-pyrrole nitrogens is 1. The van der Waals surface area contributed by atoms with Gasteiger partial charge in [-0.3, -0.25) is 19.8 Å². The van der Waals surface area contributed by atoms with Gasteiger partial charge in [0.25, 0.3) is 5.56 Å². The molecule has 1 fully saturated rings. The van der Waals surface area contributed by atoms with E-state index in [2.05, 4.69) is 15.0 Å². The van der Waals surface area contributed by atoms with Crippen molar-refractivity contribution in [3.63, 3.8) is 0 Å². The molecule has 11 heteroatoms. The number of hydrogen-bond acceptors (Lipinski definition) is 8. The summed E-state index contributed by atoms with van der Waals surface area (Å²) >= 11 is 0. The van der Waals surface area contributed by atoms with E-state index in [0.717, 1.165) is 42.6 Å². The highest BCUT2D eigenvalue weighted by Gasteiger charge is 2.22. The van der Waals surface area contributed by atoms with Crippen molar-refractivity contribution < 1.29 is 14.7 Å². The number of hydroxylamine groups is 1. The number of amides is 1. The number of carbonyl (C=O) groups excluding carboxylic acids is 1. The number of carbonyl (C=O) groups is 1. The molecule has 2 heterocycles. The molecule has 1 aliphatic carbocycles. The van der Waals surface area contributed by atoms with Gasteiger partial charge in [0.2, 0.25) is 5.91 Å². The minimum Gasteiger partial charge on any atom is -0.490 e. The van der Waals surface area contributed by atoms with Gasteiger partial charge in [-0.2, -0.15) is 4.98 Å². The Hall–Kier alpha value is -4.51. The fourth-order valence-electron chi connectivity index (χ4n) is 5.07. The van der Waals surface area contributed by atoms with Crippen molar-refractivity contribution in [3.05, 3.63) is 86.7 Å². The first kappa shape index (κ1) is 27.1. The van der Waals surface area contributed by atoms with Crippen LogP contribution in [0.5, 0.6) is 5.75 Å². The van der Waals surface area contributed by atoms with E-state index >= 15 is 0 Å². The van der Waals surface area contributed by atoms with E-state index in [9.17, 15) is 14.4 Å². The lowest BCUT2D eigenvalue weighted by Gasteiger charge is -2.24. The number of benzene rings is 2. The fourth-order valence-corrected chi connectivity index (χ4v) is 5.07. The summed E-state index contributed by atoms with van der Waals surface area (Å²) in [4.78, 5) is 49.4. The van der Waals surface area contributed by atoms with Crippen LogP contribution in [0.2, 0.25) is 0 Å². The zero-order chi connectivity index (χ0) is 28.1. The van der Waals surface area contributed by atoms with Crippen molar-refractivity contribution in [2.75, 3.05) is 6.54 Å². The first-order valence-electron chi connectivity index (χ1n) is 13.4. The van der Waals surface area contributed by atoms with Crippen molar-refractivity contribution in [2.24, 2.45) is 0 Å². The Kier molecular flexibility index (Phi) is 8.20. The summed E-state index contributed by atoms with van der Waals surface area (Å²) in [5.74, 6) is 0.422. The summed E-state index contributed by atoms with van der Waals surface area (Å²) in [5, 5.41) is 8.84. The molecule has 0 saturated heterocycles. The molecule has 0 radical (unpaired) electrons. The Morgan fingerprint density at radius 1 is 1.20 bits per heavy atom. The maximum absolute atomic E-state index is 12.7. The van der Waals surface area contributed by atoms with Gasteiger partial charge in [-0.15, -0.1) is 0 Å². The van der Waals surface area contributed by atoms with Crippen molar-refractivity contribution in [2.45, 2.75) is 58.2 Å². The van der Waals surface area contributed by atoms with Crippen LogP contribution in [0, 0.1) is 6.92 Å². The van der Waals surface area contributed by atoms with Crippen LogP contribution >= 0.6 is 0 Å². The number of aromatic amines is 1. The first-order valence-corrected chi connectivity index (χ1v) is 13.4. The predicted molar refractivity (Wildman–Crippen MR) is 149 cm³/mol. The van der Waals surface area contributed by atoms with Crippen LogP contribution in [0.25, 0.3) is 22.6 Å². The number of aryl methyl sites for hydroxylation is 1. The topological polar surface area (TPSA) is 142 Å². The number of fused-ring (bicyclic) bond motifs is 2. The molecule has 1 saturated carbocycles. The molecule has 40 heavy (non-hydrogen) atoms. The molecule has 1 amide bonds. The number of nitrogens with one attached hydrogen (secondary N) is 2. The smallest absolute Gasteiger partial charge is 0.349 e. The minimum atomic E-state index is -0.738. The molecule has 2 aromatic carbocycles. The molecule has 3 N–H and O–H groups in total. The summed E-state index contributed by atoms with van der Waals surface area (Å²) in [6, 6.07) is 13.7. The number of aromatic nitrogens is 4. The summed E-state index contributed by atoms with van der Waals surface area (Å²) in [5.41, 5.74) is 3.66. The molecule has 11 nitrogen and oxygen atoms in total. The van der Waals surface area contributed by atoms with Crippen LogP contribution in [0.15, 0.2) is 64.3 Å². The molecule has 0 unspecified atom stereocenters. The molecule has 0 aromatic heterocycles. The van der Waals surface area contributed by atoms with Crippen LogP contribution < -0.4 is 21.5 Å². The molecule has 0 spiro atoms. The monoisotopic (exact) mass is 544 g/mol. The average molecular weight is 545 g/mol. The van der Waals surface area contributed by atoms with E-state index in [4.69, 9.17) is 9.94 Å². The van der Waals surface area contributed by atoms with Crippen LogP contribution in [-0.2, 0) is 17.9 Å². The summed E-state index contributed by atoms with van der Waals surface area (Å²) in [6.45, 7) is 3.33. The third kappa shape index (κ3) is 6.20. The normalized spacial score (nSPS) is 13.8. The second kappa shape index (κ2) is 12.1. The molecule has 208 valence electrons. The Balaban J connectivity index is 1.54. The number of ether oxygens (including phenoxy) is 1. The van der Waals surface area contributed by atoms with Gasteiger partial charge in [0.1, 0.15) is 5.75 Å². The Morgan fingerprint density at radius 2 is 1.98 bits per heavy atom. The second-order valence-corrected chi connectivity index (χ2v) is 10.0. The molecule has 2 aliphatic heterocycles. The number of rotatable bonds is 10. The summed E-state index contributed by atoms with van der Waals surface area (Å²) < 4.78 is 8.18. The largest absolute Gasteiger partial charge is 0.490 e. The van der Waals surface area contributed by atoms with Crippen molar-refractivity contribution in [3.8, 4) is 17.3 Å². The van der Waals surface area contributed by atoms with Gasteiger partial charge in [-0.05, 0) is 56.0 Å². The van der Waals surface area contributed by atoms with E-state index < -0.39 is 17.2 Å². The Bertz CT molecular complexity index is 1610. The van der Waals surface area contributed by atoms with Crippen LogP contribution in [-0.4, -0.2) is 48.2 Å². The predicted octanol–water partition coefficient (Wildman–Crippen LogP) is 3.13. The van der Waals surface area contributed by atoms with E-state index in [1.54, 1.807) is 17.8 Å². The van der Waals surface area contributed by atoms with E-state index in [1.807, 2.05) is 58.9 Å². The summed E-state index contributed by atoms with van der Waals surface area (Å²) in [6.07, 6.45) is 7.95. The third-order valence-electron chi connectivity index (χ3n) is 7.08. The van der Waals surface area contributed by atoms with Gasteiger partial charge in [0.05, 0.1) is 17.1 Å². The lowest BCUT2D eigenvalue weighted by Crippen LogP contribution is -2.30. The molecule has 0 bridgehead atoms.